The monoisotopic (exact) mass is 421 g/mol. The third-order valence-electron chi connectivity index (χ3n) is 5.63. The normalized spacial score (nSPS) is 11.0. The fraction of sp³-hybridized carbons (Fsp3) is 0.111. The summed E-state index contributed by atoms with van der Waals surface area (Å²) in [6.45, 7) is 1.01. The van der Waals surface area contributed by atoms with Gasteiger partial charge in [0, 0.05) is 12.1 Å². The van der Waals surface area contributed by atoms with E-state index in [0.29, 0.717) is 24.4 Å². The van der Waals surface area contributed by atoms with E-state index in [0.717, 1.165) is 16.9 Å². The highest BCUT2D eigenvalue weighted by Gasteiger charge is 2.13. The maximum absolute atomic E-state index is 12.7. The molecule has 5 nitrogen and oxygen atoms in total. The molecule has 0 aliphatic carbocycles. The Morgan fingerprint density at radius 1 is 0.906 bits per heavy atom. The molecular formula is C27H23N3O2. The first-order chi connectivity index (χ1) is 15.7. The zero-order chi connectivity index (χ0) is 21.9. The van der Waals surface area contributed by atoms with Crippen molar-refractivity contribution in [2.75, 3.05) is 7.11 Å². The van der Waals surface area contributed by atoms with Crippen LogP contribution in [-0.4, -0.2) is 22.6 Å². The maximum Gasteiger partial charge on any atom is 0.251 e. The van der Waals surface area contributed by atoms with Crippen LogP contribution in [0.1, 0.15) is 21.7 Å². The number of fused-ring (bicyclic) bond motifs is 2. The van der Waals surface area contributed by atoms with Crippen LogP contribution in [0.25, 0.3) is 21.8 Å². The molecule has 0 radical (unpaired) electrons. The second kappa shape index (κ2) is 8.55. The Morgan fingerprint density at radius 3 is 2.59 bits per heavy atom. The van der Waals surface area contributed by atoms with Crippen LogP contribution in [0.15, 0.2) is 91.0 Å². The van der Waals surface area contributed by atoms with Gasteiger partial charge in [0.25, 0.3) is 5.91 Å². The zero-order valence-electron chi connectivity index (χ0n) is 17.8. The van der Waals surface area contributed by atoms with Crippen molar-refractivity contribution in [1.29, 1.82) is 0 Å². The number of hydrogen-bond donors (Lipinski definition) is 1. The Morgan fingerprint density at radius 2 is 1.72 bits per heavy atom. The van der Waals surface area contributed by atoms with Crippen LogP contribution in [0.3, 0.4) is 0 Å². The molecule has 0 saturated carbocycles. The smallest absolute Gasteiger partial charge is 0.251 e. The summed E-state index contributed by atoms with van der Waals surface area (Å²) in [7, 11) is 1.59. The standard InChI is InChI=1S/C27H23N3O2/c1-32-23-10-6-9-22(16-23)27(31)28-17-26-29-24-11-4-5-12-25(24)30(26)18-19-13-14-20-7-2-3-8-21(20)15-19/h2-16H,17-18H2,1H3,(H,28,31). The van der Waals surface area contributed by atoms with E-state index < -0.39 is 0 Å². The van der Waals surface area contributed by atoms with Gasteiger partial charge in [-0.3, -0.25) is 4.79 Å². The van der Waals surface area contributed by atoms with E-state index in [1.54, 1.807) is 19.2 Å². The quantitative estimate of drug-likeness (QED) is 0.411. The highest BCUT2D eigenvalue weighted by molar-refractivity contribution is 5.94. The van der Waals surface area contributed by atoms with E-state index in [9.17, 15) is 4.79 Å². The fourth-order valence-electron chi connectivity index (χ4n) is 3.98. The second-order valence-corrected chi connectivity index (χ2v) is 7.70. The van der Waals surface area contributed by atoms with Crippen molar-refractivity contribution in [1.82, 2.24) is 14.9 Å². The van der Waals surface area contributed by atoms with Gasteiger partial charge in [-0.15, -0.1) is 0 Å². The predicted octanol–water partition coefficient (Wildman–Crippen LogP) is 5.18. The molecule has 1 heterocycles. The summed E-state index contributed by atoms with van der Waals surface area (Å²) in [5.74, 6) is 1.31. The van der Waals surface area contributed by atoms with Gasteiger partial charge in [0.2, 0.25) is 0 Å². The van der Waals surface area contributed by atoms with Gasteiger partial charge in [0.15, 0.2) is 0 Å². The number of amides is 1. The van der Waals surface area contributed by atoms with Crippen molar-refractivity contribution in [3.8, 4) is 5.75 Å². The average Bonchev–Trinajstić information content (AvgIpc) is 3.19. The first-order valence-corrected chi connectivity index (χ1v) is 10.6. The van der Waals surface area contributed by atoms with Gasteiger partial charge in [-0.1, -0.05) is 54.6 Å². The largest absolute Gasteiger partial charge is 0.497 e. The number of rotatable bonds is 6. The molecule has 0 fully saturated rings. The Bertz CT molecular complexity index is 1420. The van der Waals surface area contributed by atoms with Gasteiger partial charge >= 0.3 is 0 Å². The molecule has 0 atom stereocenters. The number of carbonyl (C=O) groups excluding carboxylic acids is 1. The summed E-state index contributed by atoms with van der Waals surface area (Å²) >= 11 is 0. The number of aromatic nitrogens is 2. The van der Waals surface area contributed by atoms with Crippen molar-refractivity contribution < 1.29 is 9.53 Å². The Labute approximate surface area is 186 Å². The molecule has 5 rings (SSSR count). The van der Waals surface area contributed by atoms with Gasteiger partial charge in [-0.05, 0) is 52.7 Å². The van der Waals surface area contributed by atoms with Crippen molar-refractivity contribution in [3.05, 3.63) is 108 Å². The fourth-order valence-corrected chi connectivity index (χ4v) is 3.98. The molecule has 5 aromatic rings. The Balaban J connectivity index is 1.44. The Kier molecular flexibility index (Phi) is 5.30. The number of nitrogens with one attached hydrogen (secondary N) is 1. The van der Waals surface area contributed by atoms with Crippen LogP contribution in [0.5, 0.6) is 5.75 Å². The summed E-state index contributed by atoms with van der Waals surface area (Å²) in [6, 6.07) is 30.0. The average molecular weight is 422 g/mol. The molecule has 0 unspecified atom stereocenters. The Hall–Kier alpha value is -4.12. The first-order valence-electron chi connectivity index (χ1n) is 10.6. The van der Waals surface area contributed by atoms with Gasteiger partial charge < -0.3 is 14.6 Å². The lowest BCUT2D eigenvalue weighted by Crippen LogP contribution is -2.25. The summed E-state index contributed by atoms with van der Waals surface area (Å²) in [5, 5.41) is 5.44. The number of benzene rings is 4. The summed E-state index contributed by atoms with van der Waals surface area (Å²) in [4.78, 5) is 17.5. The SMILES string of the molecule is COc1cccc(C(=O)NCc2nc3ccccc3n2Cc2ccc3ccccc3c2)c1. The molecule has 1 amide bonds. The van der Waals surface area contributed by atoms with Crippen LogP contribution in [-0.2, 0) is 13.1 Å². The molecule has 5 heteroatoms. The molecule has 32 heavy (non-hydrogen) atoms. The highest BCUT2D eigenvalue weighted by Crippen LogP contribution is 2.21. The third kappa shape index (κ3) is 3.93. The zero-order valence-corrected chi connectivity index (χ0v) is 17.8. The minimum absolute atomic E-state index is 0.159. The van der Waals surface area contributed by atoms with Crippen molar-refractivity contribution >= 4 is 27.7 Å². The van der Waals surface area contributed by atoms with Gasteiger partial charge in [0.1, 0.15) is 11.6 Å². The van der Waals surface area contributed by atoms with Crippen LogP contribution in [0.4, 0.5) is 0 Å². The minimum atomic E-state index is -0.159. The van der Waals surface area contributed by atoms with E-state index in [2.05, 4.69) is 58.4 Å². The lowest BCUT2D eigenvalue weighted by Gasteiger charge is -2.12. The van der Waals surface area contributed by atoms with E-state index in [1.807, 2.05) is 30.3 Å². The third-order valence-corrected chi connectivity index (χ3v) is 5.63. The van der Waals surface area contributed by atoms with Gasteiger partial charge in [-0.25, -0.2) is 4.98 Å². The van der Waals surface area contributed by atoms with E-state index in [1.165, 1.54) is 16.3 Å². The number of imidazole rings is 1. The maximum atomic E-state index is 12.7. The van der Waals surface area contributed by atoms with Gasteiger partial charge in [0.05, 0.1) is 24.7 Å². The topological polar surface area (TPSA) is 56.1 Å². The highest BCUT2D eigenvalue weighted by atomic mass is 16.5. The van der Waals surface area contributed by atoms with Crippen LogP contribution >= 0.6 is 0 Å². The van der Waals surface area contributed by atoms with Crippen molar-refractivity contribution in [3.63, 3.8) is 0 Å². The molecule has 0 bridgehead atoms. The second-order valence-electron chi connectivity index (χ2n) is 7.70. The molecule has 4 aromatic carbocycles. The molecule has 0 aliphatic heterocycles. The molecule has 158 valence electrons. The van der Waals surface area contributed by atoms with E-state index in [-0.39, 0.29) is 5.91 Å². The molecule has 0 saturated heterocycles. The predicted molar refractivity (Wildman–Crippen MR) is 127 cm³/mol. The lowest BCUT2D eigenvalue weighted by molar-refractivity contribution is 0.0949. The molecule has 1 N–H and O–H groups in total. The van der Waals surface area contributed by atoms with Gasteiger partial charge in [-0.2, -0.15) is 0 Å². The number of ether oxygens (including phenoxy) is 1. The van der Waals surface area contributed by atoms with E-state index >= 15 is 0 Å². The summed E-state index contributed by atoms with van der Waals surface area (Å²) in [6.07, 6.45) is 0. The lowest BCUT2D eigenvalue weighted by atomic mass is 10.1. The molecule has 1 aromatic heterocycles. The van der Waals surface area contributed by atoms with Crippen LogP contribution < -0.4 is 10.1 Å². The molecular weight excluding hydrogens is 398 g/mol. The number of methoxy groups -OCH3 is 1. The number of nitrogens with zero attached hydrogens (tertiary/aromatic N) is 2. The van der Waals surface area contributed by atoms with Crippen LogP contribution in [0.2, 0.25) is 0 Å². The van der Waals surface area contributed by atoms with Crippen molar-refractivity contribution in [2.45, 2.75) is 13.1 Å². The number of carbonyl (C=O) groups is 1. The minimum Gasteiger partial charge on any atom is -0.497 e. The van der Waals surface area contributed by atoms with E-state index in [4.69, 9.17) is 9.72 Å². The molecule has 0 aliphatic rings. The summed E-state index contributed by atoms with van der Waals surface area (Å²) in [5.41, 5.74) is 3.71. The number of hydrogen-bond acceptors (Lipinski definition) is 3. The number of para-hydroxylation sites is 2. The molecule has 0 spiro atoms. The summed E-state index contributed by atoms with van der Waals surface area (Å²) < 4.78 is 7.40. The van der Waals surface area contributed by atoms with Crippen molar-refractivity contribution in [2.24, 2.45) is 0 Å². The van der Waals surface area contributed by atoms with Crippen LogP contribution in [0, 0.1) is 0 Å². The first kappa shape index (κ1) is 19.8.